The Labute approximate surface area is 171 Å². The van der Waals surface area contributed by atoms with Crippen LogP contribution in [0.25, 0.3) is 0 Å². The first-order valence-corrected chi connectivity index (χ1v) is 9.11. The number of ether oxygens (including phenoxy) is 2. The Morgan fingerprint density at radius 2 is 1.97 bits per heavy atom. The van der Waals surface area contributed by atoms with E-state index in [1.54, 1.807) is 6.20 Å². The second-order valence-electron chi connectivity index (χ2n) is 6.55. The molecule has 1 aliphatic heterocycles. The van der Waals surface area contributed by atoms with Crippen LogP contribution >= 0.6 is 0 Å². The number of carbonyl (C=O) groups excluding carboxylic acids is 1. The van der Waals surface area contributed by atoms with Gasteiger partial charge in [-0.15, -0.1) is 0 Å². The number of pyridine rings is 1. The molecule has 30 heavy (non-hydrogen) atoms. The number of carbonyl (C=O) groups is 1. The summed E-state index contributed by atoms with van der Waals surface area (Å²) in [5.74, 6) is -1.25. The summed E-state index contributed by atoms with van der Waals surface area (Å²) in [7, 11) is 1.20. The van der Waals surface area contributed by atoms with Crippen LogP contribution in [0.1, 0.15) is 16.1 Å². The average Bonchev–Trinajstić information content (AvgIpc) is 2.74. The maximum atomic E-state index is 12.9. The average molecular weight is 422 g/mol. The van der Waals surface area contributed by atoms with Crippen molar-refractivity contribution in [2.75, 3.05) is 33.3 Å². The molecular weight excluding hydrogens is 402 g/mol. The van der Waals surface area contributed by atoms with Gasteiger partial charge in [-0.2, -0.15) is 8.78 Å². The van der Waals surface area contributed by atoms with Gasteiger partial charge in [0.15, 0.2) is 11.5 Å². The van der Waals surface area contributed by atoms with Gasteiger partial charge in [-0.05, 0) is 12.1 Å². The molecule has 1 aromatic carbocycles. The Hall–Kier alpha value is -3.34. The number of hydrogen-bond acceptors (Lipinski definition) is 7. The van der Waals surface area contributed by atoms with Gasteiger partial charge in [-0.1, -0.05) is 6.07 Å². The summed E-state index contributed by atoms with van der Waals surface area (Å²) >= 11 is 0. The van der Waals surface area contributed by atoms with Gasteiger partial charge in [-0.3, -0.25) is 24.8 Å². The lowest BCUT2D eigenvalue weighted by atomic mass is 10.1. The third kappa shape index (κ3) is 4.98. The number of rotatable bonds is 7. The Balaban J connectivity index is 1.75. The summed E-state index contributed by atoms with van der Waals surface area (Å²) in [6.45, 7) is -0.691. The van der Waals surface area contributed by atoms with Crippen molar-refractivity contribution in [1.82, 2.24) is 14.8 Å². The Morgan fingerprint density at radius 1 is 1.23 bits per heavy atom. The summed E-state index contributed by atoms with van der Waals surface area (Å²) in [5, 5.41) is 11.4. The van der Waals surface area contributed by atoms with E-state index in [0.717, 1.165) is 17.8 Å². The SMILES string of the molecule is COc1cc(C(=O)N2CCN(Cc3ccccn3)CC2)c([N+](=O)[O-])cc1OC(F)F. The standard InChI is InChI=1S/C19H20F2N4O5/c1-29-16-10-14(15(25(27)28)11-17(16)30-19(20)21)18(26)24-8-6-23(7-9-24)12-13-4-2-3-5-22-13/h2-5,10-11,19H,6-9,12H2,1H3. The number of alkyl halides is 2. The van der Waals surface area contributed by atoms with Gasteiger partial charge in [0.2, 0.25) is 0 Å². The second kappa shape index (κ2) is 9.44. The number of nitrogens with zero attached hydrogens (tertiary/aromatic N) is 4. The lowest BCUT2D eigenvalue weighted by Crippen LogP contribution is -2.48. The van der Waals surface area contributed by atoms with E-state index in [4.69, 9.17) is 4.74 Å². The molecule has 0 aliphatic carbocycles. The van der Waals surface area contributed by atoms with E-state index in [1.807, 2.05) is 18.2 Å². The number of hydrogen-bond donors (Lipinski definition) is 0. The summed E-state index contributed by atoms with van der Waals surface area (Å²) < 4.78 is 34.4. The van der Waals surface area contributed by atoms with Gasteiger partial charge < -0.3 is 14.4 Å². The maximum absolute atomic E-state index is 12.9. The van der Waals surface area contributed by atoms with Crippen molar-refractivity contribution < 1.29 is 28.0 Å². The van der Waals surface area contributed by atoms with Crippen molar-refractivity contribution in [3.8, 4) is 11.5 Å². The number of nitro benzene ring substituents is 1. The molecule has 1 aliphatic rings. The van der Waals surface area contributed by atoms with E-state index in [9.17, 15) is 23.7 Å². The van der Waals surface area contributed by atoms with Gasteiger partial charge in [0, 0.05) is 45.0 Å². The number of benzene rings is 1. The topological polar surface area (TPSA) is 98.0 Å². The number of piperazine rings is 1. The third-order valence-corrected chi connectivity index (χ3v) is 4.70. The molecule has 0 unspecified atom stereocenters. The normalized spacial score (nSPS) is 14.6. The molecule has 0 radical (unpaired) electrons. The molecule has 3 rings (SSSR count). The molecule has 0 atom stereocenters. The van der Waals surface area contributed by atoms with Crippen molar-refractivity contribution in [3.63, 3.8) is 0 Å². The molecular formula is C19H20F2N4O5. The first-order chi connectivity index (χ1) is 14.4. The van der Waals surface area contributed by atoms with Gasteiger partial charge >= 0.3 is 6.61 Å². The van der Waals surface area contributed by atoms with E-state index < -0.39 is 28.9 Å². The van der Waals surface area contributed by atoms with Crippen LogP contribution in [0, 0.1) is 10.1 Å². The zero-order chi connectivity index (χ0) is 21.7. The first kappa shape index (κ1) is 21.4. The lowest BCUT2D eigenvalue weighted by Gasteiger charge is -2.34. The molecule has 1 aromatic heterocycles. The highest BCUT2D eigenvalue weighted by Gasteiger charge is 2.30. The van der Waals surface area contributed by atoms with Crippen molar-refractivity contribution in [2.24, 2.45) is 0 Å². The molecule has 1 saturated heterocycles. The molecule has 0 N–H and O–H groups in total. The predicted molar refractivity (Wildman–Crippen MR) is 102 cm³/mol. The number of methoxy groups -OCH3 is 1. The van der Waals surface area contributed by atoms with Crippen molar-refractivity contribution in [2.45, 2.75) is 13.2 Å². The van der Waals surface area contributed by atoms with Crippen molar-refractivity contribution in [3.05, 3.63) is 57.9 Å². The fourth-order valence-corrected chi connectivity index (χ4v) is 3.22. The molecule has 0 bridgehead atoms. The monoisotopic (exact) mass is 422 g/mol. The number of nitro groups is 1. The second-order valence-corrected chi connectivity index (χ2v) is 6.55. The number of amides is 1. The smallest absolute Gasteiger partial charge is 0.387 e. The van der Waals surface area contributed by atoms with Gasteiger partial charge in [0.05, 0.1) is 23.8 Å². The van der Waals surface area contributed by atoms with Crippen LogP contribution in [0.15, 0.2) is 36.5 Å². The van der Waals surface area contributed by atoms with E-state index in [0.29, 0.717) is 32.7 Å². The minimum Gasteiger partial charge on any atom is -0.493 e. The van der Waals surface area contributed by atoms with Gasteiger partial charge in [-0.25, -0.2) is 0 Å². The quantitative estimate of drug-likeness (QED) is 0.500. The Kier molecular flexibility index (Phi) is 6.72. The molecule has 1 amide bonds. The van der Waals surface area contributed by atoms with E-state index >= 15 is 0 Å². The number of aromatic nitrogens is 1. The highest BCUT2D eigenvalue weighted by Crippen LogP contribution is 2.36. The first-order valence-electron chi connectivity index (χ1n) is 9.11. The fraction of sp³-hybridized carbons (Fsp3) is 0.368. The lowest BCUT2D eigenvalue weighted by molar-refractivity contribution is -0.385. The van der Waals surface area contributed by atoms with E-state index in [2.05, 4.69) is 14.6 Å². The van der Waals surface area contributed by atoms with E-state index in [1.165, 1.54) is 12.0 Å². The summed E-state index contributed by atoms with van der Waals surface area (Å²) in [6, 6.07) is 7.50. The number of halogens is 2. The van der Waals surface area contributed by atoms with Crippen LogP contribution < -0.4 is 9.47 Å². The molecule has 0 saturated carbocycles. The largest absolute Gasteiger partial charge is 0.493 e. The van der Waals surface area contributed by atoms with E-state index in [-0.39, 0.29) is 11.3 Å². The van der Waals surface area contributed by atoms with Crippen LogP contribution in [0.3, 0.4) is 0 Å². The Morgan fingerprint density at radius 3 is 2.53 bits per heavy atom. The molecule has 1 fully saturated rings. The van der Waals surface area contributed by atoms with Crippen LogP contribution in [0.2, 0.25) is 0 Å². The minimum absolute atomic E-state index is 0.182. The van der Waals surface area contributed by atoms with Crippen LogP contribution in [0.4, 0.5) is 14.5 Å². The highest BCUT2D eigenvalue weighted by atomic mass is 19.3. The summed E-state index contributed by atoms with van der Waals surface area (Å²) in [4.78, 5) is 31.5. The molecule has 9 nitrogen and oxygen atoms in total. The summed E-state index contributed by atoms with van der Waals surface area (Å²) in [6.07, 6.45) is 1.71. The van der Waals surface area contributed by atoms with Crippen LogP contribution in [0.5, 0.6) is 11.5 Å². The molecule has 11 heteroatoms. The third-order valence-electron chi connectivity index (χ3n) is 4.70. The molecule has 2 heterocycles. The van der Waals surface area contributed by atoms with Crippen LogP contribution in [-0.2, 0) is 6.54 Å². The highest BCUT2D eigenvalue weighted by molar-refractivity contribution is 5.99. The predicted octanol–water partition coefficient (Wildman–Crippen LogP) is 2.56. The van der Waals surface area contributed by atoms with Gasteiger partial charge in [0.25, 0.3) is 11.6 Å². The zero-order valence-corrected chi connectivity index (χ0v) is 16.2. The van der Waals surface area contributed by atoms with Gasteiger partial charge in [0.1, 0.15) is 5.56 Å². The van der Waals surface area contributed by atoms with Crippen LogP contribution in [-0.4, -0.2) is 65.5 Å². The molecule has 0 spiro atoms. The van der Waals surface area contributed by atoms with Crippen molar-refractivity contribution >= 4 is 11.6 Å². The molecule has 2 aromatic rings. The minimum atomic E-state index is -3.19. The zero-order valence-electron chi connectivity index (χ0n) is 16.2. The van der Waals surface area contributed by atoms with Crippen molar-refractivity contribution in [1.29, 1.82) is 0 Å². The maximum Gasteiger partial charge on any atom is 0.387 e. The fourth-order valence-electron chi connectivity index (χ4n) is 3.22. The molecule has 160 valence electrons. The Bertz CT molecular complexity index is 905. The summed E-state index contributed by atoms with van der Waals surface area (Å²) in [5.41, 5.74) is 0.0521.